The first-order valence-corrected chi connectivity index (χ1v) is 9.20. The van der Waals surface area contributed by atoms with Crippen molar-refractivity contribution in [2.24, 2.45) is 0 Å². The smallest absolute Gasteiger partial charge is 0.355 e. The highest BCUT2D eigenvalue weighted by molar-refractivity contribution is 5.97. The SMILES string of the molecule is Cc1ccc(C(=O)NCC(F)(F)F)cc1NC(=O)CCNC(=O)Cc1ccccc1. The number of hydrogen-bond donors (Lipinski definition) is 3. The molecule has 0 saturated heterocycles. The van der Waals surface area contributed by atoms with Crippen LogP contribution >= 0.6 is 0 Å². The lowest BCUT2D eigenvalue weighted by molar-refractivity contribution is -0.123. The molecule has 160 valence electrons. The van der Waals surface area contributed by atoms with Crippen LogP contribution in [0.15, 0.2) is 48.5 Å². The van der Waals surface area contributed by atoms with E-state index in [4.69, 9.17) is 0 Å². The fraction of sp³-hybridized carbons (Fsp3) is 0.286. The molecule has 0 aliphatic carbocycles. The first-order valence-electron chi connectivity index (χ1n) is 9.20. The Labute approximate surface area is 171 Å². The number of alkyl halides is 3. The summed E-state index contributed by atoms with van der Waals surface area (Å²) in [6.45, 7) is 0.376. The Kier molecular flexibility index (Phi) is 7.97. The molecule has 0 bridgehead atoms. The third kappa shape index (κ3) is 7.94. The molecular weight excluding hydrogens is 399 g/mol. The summed E-state index contributed by atoms with van der Waals surface area (Å²) >= 11 is 0. The number of nitrogens with one attached hydrogen (secondary N) is 3. The average molecular weight is 421 g/mol. The van der Waals surface area contributed by atoms with Gasteiger partial charge in [0.2, 0.25) is 11.8 Å². The van der Waals surface area contributed by atoms with Crippen LogP contribution in [0, 0.1) is 6.92 Å². The van der Waals surface area contributed by atoms with E-state index in [-0.39, 0.29) is 30.9 Å². The number of aryl methyl sites for hydroxylation is 1. The van der Waals surface area contributed by atoms with E-state index < -0.39 is 24.5 Å². The lowest BCUT2D eigenvalue weighted by Gasteiger charge is -2.12. The summed E-state index contributed by atoms with van der Waals surface area (Å²) in [4.78, 5) is 35.9. The van der Waals surface area contributed by atoms with Gasteiger partial charge < -0.3 is 16.0 Å². The Balaban J connectivity index is 1.84. The molecule has 0 fully saturated rings. The summed E-state index contributed by atoms with van der Waals surface area (Å²) in [5.41, 5.74) is 1.81. The van der Waals surface area contributed by atoms with Gasteiger partial charge in [0.1, 0.15) is 6.54 Å². The molecule has 6 nitrogen and oxygen atoms in total. The second-order valence-electron chi connectivity index (χ2n) is 6.64. The van der Waals surface area contributed by atoms with Gasteiger partial charge in [0.05, 0.1) is 6.42 Å². The summed E-state index contributed by atoms with van der Waals surface area (Å²) in [7, 11) is 0. The molecule has 0 aliphatic heterocycles. The first kappa shape index (κ1) is 22.9. The van der Waals surface area contributed by atoms with Gasteiger partial charge in [0.15, 0.2) is 0 Å². The van der Waals surface area contributed by atoms with Crippen LogP contribution in [-0.2, 0) is 16.0 Å². The van der Waals surface area contributed by atoms with Crippen LogP contribution in [0.2, 0.25) is 0 Å². The van der Waals surface area contributed by atoms with E-state index in [1.807, 2.05) is 30.3 Å². The van der Waals surface area contributed by atoms with Crippen molar-refractivity contribution in [3.05, 3.63) is 65.2 Å². The van der Waals surface area contributed by atoms with Gasteiger partial charge in [0.25, 0.3) is 5.91 Å². The van der Waals surface area contributed by atoms with E-state index in [9.17, 15) is 27.6 Å². The molecule has 3 amide bonds. The maximum atomic E-state index is 12.2. The monoisotopic (exact) mass is 421 g/mol. The largest absolute Gasteiger partial charge is 0.405 e. The van der Waals surface area contributed by atoms with Crippen molar-refractivity contribution >= 4 is 23.4 Å². The molecule has 0 heterocycles. The lowest BCUT2D eigenvalue weighted by Crippen LogP contribution is -2.33. The standard InChI is InChI=1S/C21H22F3N3O3/c1-14-7-8-16(20(30)26-13-21(22,23)24)12-17(14)27-18(28)9-10-25-19(29)11-15-5-3-2-4-6-15/h2-8,12H,9-11,13H2,1H3,(H,25,29)(H,26,30)(H,27,28). The van der Waals surface area contributed by atoms with Crippen molar-refractivity contribution in [1.29, 1.82) is 0 Å². The molecule has 2 aromatic rings. The fourth-order valence-corrected chi connectivity index (χ4v) is 2.55. The second kappa shape index (κ2) is 10.4. The first-order chi connectivity index (χ1) is 14.1. The molecule has 2 aromatic carbocycles. The van der Waals surface area contributed by atoms with E-state index in [0.717, 1.165) is 5.56 Å². The van der Waals surface area contributed by atoms with Gasteiger partial charge in [-0.2, -0.15) is 13.2 Å². The van der Waals surface area contributed by atoms with Gasteiger partial charge in [0, 0.05) is 24.2 Å². The number of amides is 3. The predicted octanol–water partition coefficient (Wildman–Crippen LogP) is 2.97. The third-order valence-corrected chi connectivity index (χ3v) is 4.10. The van der Waals surface area contributed by atoms with Gasteiger partial charge in [-0.05, 0) is 30.2 Å². The minimum atomic E-state index is -4.51. The molecule has 3 N–H and O–H groups in total. The molecule has 0 atom stereocenters. The van der Waals surface area contributed by atoms with Crippen LogP contribution in [0.3, 0.4) is 0 Å². The topological polar surface area (TPSA) is 87.3 Å². The Hall–Kier alpha value is -3.36. The quantitative estimate of drug-likeness (QED) is 0.613. The zero-order valence-electron chi connectivity index (χ0n) is 16.3. The van der Waals surface area contributed by atoms with Gasteiger partial charge in [-0.1, -0.05) is 36.4 Å². The lowest BCUT2D eigenvalue weighted by atomic mass is 10.1. The van der Waals surface area contributed by atoms with E-state index >= 15 is 0 Å². The van der Waals surface area contributed by atoms with Gasteiger partial charge >= 0.3 is 6.18 Å². The minimum Gasteiger partial charge on any atom is -0.355 e. The van der Waals surface area contributed by atoms with E-state index in [1.54, 1.807) is 12.2 Å². The van der Waals surface area contributed by atoms with Crippen molar-refractivity contribution in [1.82, 2.24) is 10.6 Å². The van der Waals surface area contributed by atoms with Gasteiger partial charge in [-0.25, -0.2) is 0 Å². The zero-order valence-corrected chi connectivity index (χ0v) is 16.3. The van der Waals surface area contributed by atoms with Crippen LogP contribution in [-0.4, -0.2) is 37.0 Å². The maximum Gasteiger partial charge on any atom is 0.405 e. The maximum absolute atomic E-state index is 12.2. The molecule has 30 heavy (non-hydrogen) atoms. The zero-order chi connectivity index (χ0) is 22.1. The number of carbonyl (C=O) groups excluding carboxylic acids is 3. The molecule has 0 aliphatic rings. The molecule has 0 spiro atoms. The minimum absolute atomic E-state index is 0.00341. The Morgan fingerprint density at radius 1 is 0.933 bits per heavy atom. The second-order valence-corrected chi connectivity index (χ2v) is 6.64. The Bertz CT molecular complexity index is 899. The van der Waals surface area contributed by atoms with Crippen molar-refractivity contribution in [2.45, 2.75) is 25.9 Å². The molecular formula is C21H22F3N3O3. The van der Waals surface area contributed by atoms with Gasteiger partial charge in [-0.3, -0.25) is 14.4 Å². The summed E-state index contributed by atoms with van der Waals surface area (Å²) in [6.07, 6.45) is -4.30. The van der Waals surface area contributed by atoms with Crippen LogP contribution in [0.25, 0.3) is 0 Å². The molecule has 2 rings (SSSR count). The number of carbonyl (C=O) groups is 3. The van der Waals surface area contributed by atoms with Crippen molar-refractivity contribution in [3.8, 4) is 0 Å². The number of anilines is 1. The summed E-state index contributed by atoms with van der Waals surface area (Å²) in [5, 5.41) is 7.04. The highest BCUT2D eigenvalue weighted by Gasteiger charge is 2.28. The molecule has 9 heteroatoms. The van der Waals surface area contributed by atoms with Crippen molar-refractivity contribution < 1.29 is 27.6 Å². The molecule has 0 unspecified atom stereocenters. The summed E-state index contributed by atoms with van der Waals surface area (Å²) in [5.74, 6) is -1.50. The van der Waals surface area contributed by atoms with Crippen molar-refractivity contribution in [3.63, 3.8) is 0 Å². The molecule has 0 radical (unpaired) electrons. The van der Waals surface area contributed by atoms with Crippen molar-refractivity contribution in [2.75, 3.05) is 18.4 Å². The number of hydrogen-bond acceptors (Lipinski definition) is 3. The van der Waals surface area contributed by atoms with Crippen LogP contribution in [0.5, 0.6) is 0 Å². The third-order valence-electron chi connectivity index (χ3n) is 4.10. The van der Waals surface area contributed by atoms with Crippen LogP contribution in [0.4, 0.5) is 18.9 Å². The van der Waals surface area contributed by atoms with Crippen LogP contribution in [0.1, 0.15) is 27.9 Å². The number of halogens is 3. The summed E-state index contributed by atoms with van der Waals surface area (Å²) < 4.78 is 36.7. The van der Waals surface area contributed by atoms with Gasteiger partial charge in [-0.15, -0.1) is 0 Å². The predicted molar refractivity (Wildman–Crippen MR) is 106 cm³/mol. The number of benzene rings is 2. The van der Waals surface area contributed by atoms with E-state index in [0.29, 0.717) is 11.3 Å². The Morgan fingerprint density at radius 3 is 2.30 bits per heavy atom. The Morgan fingerprint density at radius 2 is 1.63 bits per heavy atom. The molecule has 0 aromatic heterocycles. The molecule has 0 saturated carbocycles. The average Bonchev–Trinajstić information content (AvgIpc) is 2.68. The highest BCUT2D eigenvalue weighted by Crippen LogP contribution is 2.18. The highest BCUT2D eigenvalue weighted by atomic mass is 19.4. The van der Waals surface area contributed by atoms with E-state index in [2.05, 4.69) is 10.6 Å². The fourth-order valence-electron chi connectivity index (χ4n) is 2.55. The van der Waals surface area contributed by atoms with Crippen LogP contribution < -0.4 is 16.0 Å². The van der Waals surface area contributed by atoms with E-state index in [1.165, 1.54) is 18.2 Å². The number of rotatable bonds is 8. The summed E-state index contributed by atoms with van der Waals surface area (Å²) in [6, 6.07) is 13.4. The normalized spacial score (nSPS) is 10.9.